The van der Waals surface area contributed by atoms with Gasteiger partial charge in [0, 0.05) is 28.6 Å². The van der Waals surface area contributed by atoms with Crippen LogP contribution in [0.3, 0.4) is 0 Å². The predicted octanol–water partition coefficient (Wildman–Crippen LogP) is 6.51. The van der Waals surface area contributed by atoms with Crippen molar-refractivity contribution < 1.29 is 19.1 Å². The van der Waals surface area contributed by atoms with Crippen LogP contribution in [0.4, 0.5) is 0 Å². The fourth-order valence-electron chi connectivity index (χ4n) is 3.01. The zero-order valence-electron chi connectivity index (χ0n) is 18.0. The Bertz CT molecular complexity index is 1070. The summed E-state index contributed by atoms with van der Waals surface area (Å²) in [5.74, 6) is 0.233. The summed E-state index contributed by atoms with van der Waals surface area (Å²) in [6, 6.07) is 12.7. The maximum Gasteiger partial charge on any atom is 0.305 e. The Labute approximate surface area is 213 Å². The minimum atomic E-state index is -0.255. The standard InChI is InChI=1S/C24H23Cl2NO4S2/c1-2-11-30-22(28)7-4-10-27-23(29)21(33-24(27)32)13-16-5-3-6-19(12-16)31-15-17-8-9-18(25)14-20(17)26/h3,5-6,8-9,12-14H,2,4,7,10-11,15H2,1H3/b21-13+. The van der Waals surface area contributed by atoms with Gasteiger partial charge in [0.25, 0.3) is 5.91 Å². The summed E-state index contributed by atoms with van der Waals surface area (Å²) in [4.78, 5) is 26.5. The Kier molecular flexibility index (Phi) is 9.62. The third kappa shape index (κ3) is 7.47. The fourth-order valence-corrected chi connectivity index (χ4v) is 4.78. The number of carbonyl (C=O) groups is 2. The van der Waals surface area contributed by atoms with Crippen molar-refractivity contribution in [3.63, 3.8) is 0 Å². The molecule has 0 saturated carbocycles. The lowest BCUT2D eigenvalue weighted by atomic mass is 10.2. The largest absolute Gasteiger partial charge is 0.489 e. The van der Waals surface area contributed by atoms with Crippen LogP contribution >= 0.6 is 47.2 Å². The van der Waals surface area contributed by atoms with Crippen molar-refractivity contribution >= 4 is 69.5 Å². The van der Waals surface area contributed by atoms with E-state index in [9.17, 15) is 9.59 Å². The second-order valence-corrected chi connectivity index (χ2v) is 9.77. The molecule has 0 unspecified atom stereocenters. The molecule has 1 amide bonds. The van der Waals surface area contributed by atoms with Gasteiger partial charge in [0.05, 0.1) is 11.5 Å². The number of benzene rings is 2. The summed E-state index contributed by atoms with van der Waals surface area (Å²) in [5.41, 5.74) is 1.64. The van der Waals surface area contributed by atoms with Gasteiger partial charge in [-0.15, -0.1) is 0 Å². The first kappa shape index (κ1) is 25.6. The monoisotopic (exact) mass is 523 g/mol. The normalized spacial score (nSPS) is 14.8. The number of thioether (sulfide) groups is 1. The highest BCUT2D eigenvalue weighted by Crippen LogP contribution is 2.33. The molecule has 0 atom stereocenters. The third-order valence-electron chi connectivity index (χ3n) is 4.67. The number of nitrogens with zero attached hydrogens (tertiary/aromatic N) is 1. The first-order valence-corrected chi connectivity index (χ1v) is 12.4. The highest BCUT2D eigenvalue weighted by Gasteiger charge is 2.31. The van der Waals surface area contributed by atoms with Crippen molar-refractivity contribution in [1.29, 1.82) is 0 Å². The van der Waals surface area contributed by atoms with E-state index in [1.165, 1.54) is 16.7 Å². The van der Waals surface area contributed by atoms with Gasteiger partial charge in [-0.2, -0.15) is 0 Å². The molecular weight excluding hydrogens is 501 g/mol. The summed E-state index contributed by atoms with van der Waals surface area (Å²) in [6.45, 7) is 3.03. The van der Waals surface area contributed by atoms with Crippen LogP contribution in [-0.2, 0) is 20.9 Å². The van der Waals surface area contributed by atoms with Crippen molar-refractivity contribution in [2.75, 3.05) is 13.2 Å². The third-order valence-corrected chi connectivity index (χ3v) is 6.63. The van der Waals surface area contributed by atoms with E-state index in [4.69, 9.17) is 44.9 Å². The van der Waals surface area contributed by atoms with Crippen molar-refractivity contribution in [2.45, 2.75) is 32.8 Å². The zero-order chi connectivity index (χ0) is 23.8. The lowest BCUT2D eigenvalue weighted by molar-refractivity contribution is -0.144. The van der Waals surface area contributed by atoms with Crippen LogP contribution in [0.1, 0.15) is 37.3 Å². The number of hydrogen-bond donors (Lipinski definition) is 0. The van der Waals surface area contributed by atoms with E-state index in [0.29, 0.717) is 51.2 Å². The molecule has 1 heterocycles. The Morgan fingerprint density at radius 1 is 1.21 bits per heavy atom. The number of ether oxygens (including phenoxy) is 2. The summed E-state index contributed by atoms with van der Waals surface area (Å²) < 4.78 is 11.4. The van der Waals surface area contributed by atoms with E-state index >= 15 is 0 Å². The van der Waals surface area contributed by atoms with E-state index in [0.717, 1.165) is 17.5 Å². The van der Waals surface area contributed by atoms with Crippen molar-refractivity contribution in [3.05, 3.63) is 68.5 Å². The smallest absolute Gasteiger partial charge is 0.305 e. The van der Waals surface area contributed by atoms with Gasteiger partial charge in [0.1, 0.15) is 16.7 Å². The van der Waals surface area contributed by atoms with Crippen LogP contribution < -0.4 is 4.74 Å². The molecule has 0 bridgehead atoms. The number of halogens is 2. The van der Waals surface area contributed by atoms with Crippen LogP contribution in [0.2, 0.25) is 10.0 Å². The van der Waals surface area contributed by atoms with E-state index in [-0.39, 0.29) is 18.3 Å². The number of amides is 1. The average molecular weight is 524 g/mol. The van der Waals surface area contributed by atoms with E-state index in [1.807, 2.05) is 37.3 Å². The minimum absolute atomic E-state index is 0.161. The molecule has 2 aromatic carbocycles. The molecular formula is C24H23Cl2NO4S2. The van der Waals surface area contributed by atoms with Crippen LogP contribution in [0.25, 0.3) is 6.08 Å². The van der Waals surface area contributed by atoms with Gasteiger partial charge in [0.2, 0.25) is 0 Å². The number of rotatable bonds is 10. The van der Waals surface area contributed by atoms with Gasteiger partial charge in [-0.05, 0) is 48.7 Å². The molecule has 1 saturated heterocycles. The molecule has 0 N–H and O–H groups in total. The van der Waals surface area contributed by atoms with Crippen LogP contribution in [0, 0.1) is 0 Å². The summed E-state index contributed by atoms with van der Waals surface area (Å²) >= 11 is 18.8. The molecule has 3 rings (SSSR count). The Hall–Kier alpha value is -2.06. The molecule has 0 radical (unpaired) electrons. The molecule has 2 aromatic rings. The van der Waals surface area contributed by atoms with Crippen molar-refractivity contribution in [2.24, 2.45) is 0 Å². The number of thiocarbonyl (C=S) groups is 1. The Morgan fingerprint density at radius 3 is 2.79 bits per heavy atom. The molecule has 0 aromatic heterocycles. The molecule has 0 spiro atoms. The highest BCUT2D eigenvalue weighted by atomic mass is 35.5. The minimum Gasteiger partial charge on any atom is -0.489 e. The maximum absolute atomic E-state index is 12.8. The maximum atomic E-state index is 12.8. The second-order valence-electron chi connectivity index (χ2n) is 7.25. The predicted molar refractivity (Wildman–Crippen MR) is 138 cm³/mol. The highest BCUT2D eigenvalue weighted by molar-refractivity contribution is 8.26. The molecule has 1 aliphatic heterocycles. The Balaban J connectivity index is 1.59. The van der Waals surface area contributed by atoms with Gasteiger partial charge in [-0.1, -0.05) is 72.3 Å². The topological polar surface area (TPSA) is 55.8 Å². The number of hydrogen-bond acceptors (Lipinski definition) is 6. The van der Waals surface area contributed by atoms with Gasteiger partial charge < -0.3 is 9.47 Å². The molecule has 0 aliphatic carbocycles. The number of carbonyl (C=O) groups excluding carboxylic acids is 2. The van der Waals surface area contributed by atoms with E-state index in [1.54, 1.807) is 18.2 Å². The molecule has 174 valence electrons. The first-order chi connectivity index (χ1) is 15.9. The molecule has 1 aliphatic rings. The molecule has 5 nitrogen and oxygen atoms in total. The SMILES string of the molecule is CCCOC(=O)CCCN1C(=O)/C(=C\c2cccc(OCc3ccc(Cl)cc3Cl)c2)SC1=S. The average Bonchev–Trinajstić information content (AvgIpc) is 3.04. The van der Waals surface area contributed by atoms with Gasteiger partial charge in [-0.3, -0.25) is 14.5 Å². The van der Waals surface area contributed by atoms with Crippen molar-refractivity contribution in [3.8, 4) is 5.75 Å². The zero-order valence-corrected chi connectivity index (χ0v) is 21.2. The van der Waals surface area contributed by atoms with Gasteiger partial charge >= 0.3 is 5.97 Å². The fraction of sp³-hybridized carbons (Fsp3) is 0.292. The second kappa shape index (κ2) is 12.4. The summed E-state index contributed by atoms with van der Waals surface area (Å²) in [5, 5.41) is 1.11. The van der Waals surface area contributed by atoms with Crippen LogP contribution in [-0.4, -0.2) is 34.2 Å². The van der Waals surface area contributed by atoms with Gasteiger partial charge in [-0.25, -0.2) is 0 Å². The first-order valence-electron chi connectivity index (χ1n) is 10.4. The van der Waals surface area contributed by atoms with Crippen LogP contribution in [0.15, 0.2) is 47.4 Å². The van der Waals surface area contributed by atoms with E-state index in [2.05, 4.69) is 0 Å². The molecule has 9 heteroatoms. The van der Waals surface area contributed by atoms with Crippen molar-refractivity contribution in [1.82, 2.24) is 4.90 Å². The lowest BCUT2D eigenvalue weighted by Gasteiger charge is -2.13. The quantitative estimate of drug-likeness (QED) is 0.201. The molecule has 33 heavy (non-hydrogen) atoms. The van der Waals surface area contributed by atoms with E-state index < -0.39 is 0 Å². The van der Waals surface area contributed by atoms with Gasteiger partial charge in [0.15, 0.2) is 0 Å². The summed E-state index contributed by atoms with van der Waals surface area (Å²) in [6.07, 6.45) is 3.33. The van der Waals surface area contributed by atoms with Crippen LogP contribution in [0.5, 0.6) is 5.75 Å². The molecule has 1 fully saturated rings. The lowest BCUT2D eigenvalue weighted by Crippen LogP contribution is -2.29. The number of esters is 1. The summed E-state index contributed by atoms with van der Waals surface area (Å²) in [7, 11) is 0. The Morgan fingerprint density at radius 2 is 2.03 bits per heavy atom.